The van der Waals surface area contributed by atoms with E-state index in [4.69, 9.17) is 4.74 Å². The predicted octanol–water partition coefficient (Wildman–Crippen LogP) is 3.29. The van der Waals surface area contributed by atoms with Gasteiger partial charge in [-0.25, -0.2) is 4.79 Å². The molecule has 0 unspecified atom stereocenters. The number of benzene rings is 1. The summed E-state index contributed by atoms with van der Waals surface area (Å²) in [7, 11) is 0. The molecule has 0 saturated heterocycles. The zero-order chi connectivity index (χ0) is 14.0. The minimum Gasteiger partial charge on any atom is -0.507 e. The van der Waals surface area contributed by atoms with E-state index in [1.165, 1.54) is 6.07 Å². The van der Waals surface area contributed by atoms with E-state index < -0.39 is 11.7 Å². The van der Waals surface area contributed by atoms with Crippen molar-refractivity contribution in [3.8, 4) is 5.75 Å². The Morgan fingerprint density at radius 2 is 2.05 bits per heavy atom. The fraction of sp³-hybridized carbons (Fsp3) is 0.286. The first-order valence-corrected chi connectivity index (χ1v) is 5.93. The van der Waals surface area contributed by atoms with Crippen molar-refractivity contribution in [3.05, 3.63) is 30.5 Å². The Labute approximate surface area is 111 Å². The van der Waals surface area contributed by atoms with E-state index in [1.54, 1.807) is 45.2 Å². The SMILES string of the molecule is CC(C)(C)OC(=O)Nc1ccc(O)c2cccnc12. The van der Waals surface area contributed by atoms with E-state index >= 15 is 0 Å². The molecule has 1 aromatic carbocycles. The van der Waals surface area contributed by atoms with E-state index in [0.29, 0.717) is 16.6 Å². The van der Waals surface area contributed by atoms with Crippen LogP contribution in [0.1, 0.15) is 20.8 Å². The number of rotatable bonds is 1. The molecule has 0 atom stereocenters. The molecule has 5 nitrogen and oxygen atoms in total. The van der Waals surface area contributed by atoms with Crippen LogP contribution in [0.25, 0.3) is 10.9 Å². The van der Waals surface area contributed by atoms with Crippen LogP contribution in [0, 0.1) is 0 Å². The Balaban J connectivity index is 2.31. The topological polar surface area (TPSA) is 71.5 Å². The quantitative estimate of drug-likeness (QED) is 0.772. The van der Waals surface area contributed by atoms with Crippen molar-refractivity contribution in [2.24, 2.45) is 0 Å². The lowest BCUT2D eigenvalue weighted by molar-refractivity contribution is 0.0636. The number of fused-ring (bicyclic) bond motifs is 1. The Morgan fingerprint density at radius 3 is 2.74 bits per heavy atom. The molecule has 1 amide bonds. The second kappa shape index (κ2) is 4.76. The van der Waals surface area contributed by atoms with Crippen LogP contribution in [0.15, 0.2) is 30.5 Å². The third kappa shape index (κ3) is 3.13. The molecule has 1 aromatic heterocycles. The molecule has 2 aromatic rings. The second-order valence-electron chi connectivity index (χ2n) is 5.16. The number of hydrogen-bond donors (Lipinski definition) is 2. The lowest BCUT2D eigenvalue weighted by Gasteiger charge is -2.20. The maximum Gasteiger partial charge on any atom is 0.412 e. The molecule has 0 aliphatic heterocycles. The van der Waals surface area contributed by atoms with Crippen LogP contribution in [0.3, 0.4) is 0 Å². The van der Waals surface area contributed by atoms with E-state index in [2.05, 4.69) is 10.3 Å². The Bertz CT molecular complexity index is 618. The second-order valence-corrected chi connectivity index (χ2v) is 5.16. The molecule has 0 aliphatic rings. The summed E-state index contributed by atoms with van der Waals surface area (Å²) < 4.78 is 5.18. The van der Waals surface area contributed by atoms with Gasteiger partial charge in [0.05, 0.1) is 11.2 Å². The number of hydrogen-bond acceptors (Lipinski definition) is 4. The molecule has 5 heteroatoms. The number of phenolic OH excluding ortho intramolecular Hbond substituents is 1. The lowest BCUT2D eigenvalue weighted by Crippen LogP contribution is -2.27. The van der Waals surface area contributed by atoms with Crippen LogP contribution >= 0.6 is 0 Å². The van der Waals surface area contributed by atoms with E-state index in [1.807, 2.05) is 0 Å². The minimum absolute atomic E-state index is 0.123. The molecule has 2 rings (SSSR count). The highest BCUT2D eigenvalue weighted by Gasteiger charge is 2.17. The summed E-state index contributed by atoms with van der Waals surface area (Å²) >= 11 is 0. The monoisotopic (exact) mass is 260 g/mol. The molecule has 19 heavy (non-hydrogen) atoms. The third-order valence-electron chi connectivity index (χ3n) is 2.38. The molecule has 0 aliphatic carbocycles. The molecule has 0 bridgehead atoms. The van der Waals surface area contributed by atoms with E-state index in [0.717, 1.165) is 0 Å². The molecular formula is C14H16N2O3. The Kier molecular flexibility index (Phi) is 3.29. The number of carbonyl (C=O) groups is 1. The van der Waals surface area contributed by atoms with Crippen LogP contribution < -0.4 is 5.32 Å². The van der Waals surface area contributed by atoms with Gasteiger partial charge in [-0.15, -0.1) is 0 Å². The highest BCUT2D eigenvalue weighted by Crippen LogP contribution is 2.29. The number of nitrogens with one attached hydrogen (secondary N) is 1. The van der Waals surface area contributed by atoms with Crippen LogP contribution in [0.5, 0.6) is 5.75 Å². The van der Waals surface area contributed by atoms with Crippen molar-refractivity contribution in [2.75, 3.05) is 5.32 Å². The van der Waals surface area contributed by atoms with Gasteiger partial charge in [0, 0.05) is 11.6 Å². The maximum atomic E-state index is 11.7. The molecule has 0 saturated carbocycles. The fourth-order valence-electron chi connectivity index (χ4n) is 1.67. The lowest BCUT2D eigenvalue weighted by atomic mass is 10.1. The number of aromatic nitrogens is 1. The first kappa shape index (κ1) is 13.1. The summed E-state index contributed by atoms with van der Waals surface area (Å²) in [5.41, 5.74) is 0.459. The zero-order valence-electron chi connectivity index (χ0n) is 11.1. The average Bonchev–Trinajstić information content (AvgIpc) is 2.31. The summed E-state index contributed by atoms with van der Waals surface area (Å²) in [6.45, 7) is 5.37. The first-order valence-electron chi connectivity index (χ1n) is 5.93. The van der Waals surface area contributed by atoms with Gasteiger partial charge < -0.3 is 9.84 Å². The number of pyridine rings is 1. The molecule has 0 spiro atoms. The first-order chi connectivity index (χ1) is 8.87. The molecule has 100 valence electrons. The molecule has 0 fully saturated rings. The Morgan fingerprint density at radius 1 is 1.32 bits per heavy atom. The average molecular weight is 260 g/mol. The van der Waals surface area contributed by atoms with Gasteiger partial charge in [0.25, 0.3) is 0 Å². The molecular weight excluding hydrogens is 244 g/mol. The molecule has 1 heterocycles. The molecule has 2 N–H and O–H groups in total. The van der Waals surface area contributed by atoms with Crippen molar-refractivity contribution in [1.82, 2.24) is 4.98 Å². The standard InChI is InChI=1S/C14H16N2O3/c1-14(2,3)19-13(18)16-10-6-7-11(17)9-5-4-8-15-12(9)10/h4-8,17H,1-3H3,(H,16,18). The summed E-state index contributed by atoms with van der Waals surface area (Å²) in [5.74, 6) is 0.123. The van der Waals surface area contributed by atoms with Gasteiger partial charge in [-0.3, -0.25) is 10.3 Å². The number of anilines is 1. The van der Waals surface area contributed by atoms with Gasteiger partial charge in [-0.2, -0.15) is 0 Å². The van der Waals surface area contributed by atoms with Crippen molar-refractivity contribution >= 4 is 22.7 Å². The predicted molar refractivity (Wildman–Crippen MR) is 73.3 cm³/mol. The van der Waals surface area contributed by atoms with Crippen LogP contribution in [-0.4, -0.2) is 21.8 Å². The molecule has 0 radical (unpaired) electrons. The van der Waals surface area contributed by atoms with Crippen LogP contribution in [0.2, 0.25) is 0 Å². The normalized spacial score (nSPS) is 11.3. The van der Waals surface area contributed by atoms with Crippen LogP contribution in [-0.2, 0) is 4.74 Å². The number of phenols is 1. The van der Waals surface area contributed by atoms with Crippen molar-refractivity contribution < 1.29 is 14.6 Å². The van der Waals surface area contributed by atoms with E-state index in [9.17, 15) is 9.90 Å². The van der Waals surface area contributed by atoms with Gasteiger partial charge >= 0.3 is 6.09 Å². The summed E-state index contributed by atoms with van der Waals surface area (Å²) in [4.78, 5) is 15.9. The largest absolute Gasteiger partial charge is 0.507 e. The fourth-order valence-corrected chi connectivity index (χ4v) is 1.67. The third-order valence-corrected chi connectivity index (χ3v) is 2.38. The van der Waals surface area contributed by atoms with Gasteiger partial charge in [0.15, 0.2) is 0 Å². The van der Waals surface area contributed by atoms with Crippen molar-refractivity contribution in [2.45, 2.75) is 26.4 Å². The van der Waals surface area contributed by atoms with Gasteiger partial charge in [-0.1, -0.05) is 0 Å². The number of carbonyl (C=O) groups excluding carboxylic acids is 1. The number of amides is 1. The van der Waals surface area contributed by atoms with Gasteiger partial charge in [0.2, 0.25) is 0 Å². The Hall–Kier alpha value is -2.30. The maximum absolute atomic E-state index is 11.7. The van der Waals surface area contributed by atoms with E-state index in [-0.39, 0.29) is 5.75 Å². The van der Waals surface area contributed by atoms with Crippen molar-refractivity contribution in [1.29, 1.82) is 0 Å². The van der Waals surface area contributed by atoms with Gasteiger partial charge in [-0.05, 0) is 45.0 Å². The number of nitrogens with zero attached hydrogens (tertiary/aromatic N) is 1. The highest BCUT2D eigenvalue weighted by atomic mass is 16.6. The summed E-state index contributed by atoms with van der Waals surface area (Å²) in [5, 5.41) is 12.9. The van der Waals surface area contributed by atoms with Gasteiger partial charge in [0.1, 0.15) is 11.4 Å². The van der Waals surface area contributed by atoms with Crippen molar-refractivity contribution in [3.63, 3.8) is 0 Å². The smallest absolute Gasteiger partial charge is 0.412 e. The minimum atomic E-state index is -0.565. The van der Waals surface area contributed by atoms with Crippen LogP contribution in [0.4, 0.5) is 10.5 Å². The summed E-state index contributed by atoms with van der Waals surface area (Å²) in [6, 6.07) is 6.56. The summed E-state index contributed by atoms with van der Waals surface area (Å²) in [6.07, 6.45) is 1.05. The zero-order valence-corrected chi connectivity index (χ0v) is 11.1. The highest BCUT2D eigenvalue weighted by molar-refractivity contribution is 6.00. The number of aromatic hydroxyl groups is 1. The number of ether oxygens (including phenoxy) is 1.